The Kier molecular flexibility index (Phi) is 4.70. The first-order valence-corrected chi connectivity index (χ1v) is 10.8. The topological polar surface area (TPSA) is 93.3 Å². The second kappa shape index (κ2) is 7.13. The molecule has 32 heavy (non-hydrogen) atoms. The van der Waals surface area contributed by atoms with Crippen LogP contribution in [-0.4, -0.2) is 41.7 Å². The van der Waals surface area contributed by atoms with Gasteiger partial charge in [0.05, 0.1) is 18.5 Å². The van der Waals surface area contributed by atoms with Crippen molar-refractivity contribution in [2.45, 2.75) is 50.6 Å². The highest BCUT2D eigenvalue weighted by molar-refractivity contribution is 5.94. The third-order valence-corrected chi connectivity index (χ3v) is 6.99. The fourth-order valence-electron chi connectivity index (χ4n) is 5.17. The highest BCUT2D eigenvalue weighted by Gasteiger charge is 2.47. The van der Waals surface area contributed by atoms with E-state index in [1.165, 1.54) is 18.6 Å². The first kappa shape index (κ1) is 21.1. The predicted octanol–water partition coefficient (Wildman–Crippen LogP) is 2.60. The van der Waals surface area contributed by atoms with Gasteiger partial charge >= 0.3 is 5.69 Å². The van der Waals surface area contributed by atoms with Gasteiger partial charge in [0.1, 0.15) is 11.2 Å². The molecule has 2 heterocycles. The van der Waals surface area contributed by atoms with Crippen molar-refractivity contribution in [1.29, 1.82) is 0 Å². The number of nitrogens with zero attached hydrogens (tertiary/aromatic N) is 2. The van der Waals surface area contributed by atoms with Gasteiger partial charge in [-0.2, -0.15) is 0 Å². The van der Waals surface area contributed by atoms with E-state index in [-0.39, 0.29) is 59.9 Å². The number of anilines is 1. The summed E-state index contributed by atoms with van der Waals surface area (Å²) >= 11 is 0. The van der Waals surface area contributed by atoms with Crippen molar-refractivity contribution in [1.82, 2.24) is 9.55 Å². The number of nitrogens with two attached hydrogens (primary N) is 1. The monoisotopic (exact) mass is 450 g/mol. The van der Waals surface area contributed by atoms with Crippen LogP contribution in [0.3, 0.4) is 0 Å². The number of aromatic nitrogens is 2. The molecule has 10 heteroatoms. The van der Waals surface area contributed by atoms with Crippen LogP contribution in [0.5, 0.6) is 5.75 Å². The molecule has 7 nitrogen and oxygen atoms in total. The number of methoxy groups -OCH3 is 1. The van der Waals surface area contributed by atoms with Gasteiger partial charge in [-0.1, -0.05) is 6.08 Å². The number of aryl methyl sites for hydroxylation is 1. The molecule has 2 fully saturated rings. The summed E-state index contributed by atoms with van der Waals surface area (Å²) in [4.78, 5) is 29.2. The number of alkyl halides is 2. The second-order valence-corrected chi connectivity index (χ2v) is 9.00. The molecule has 172 valence electrons. The van der Waals surface area contributed by atoms with Crippen molar-refractivity contribution in [3.05, 3.63) is 43.9 Å². The van der Waals surface area contributed by atoms with Gasteiger partial charge in [-0.15, -0.1) is 0 Å². The van der Waals surface area contributed by atoms with E-state index in [1.807, 2.05) is 0 Å². The van der Waals surface area contributed by atoms with E-state index in [9.17, 15) is 18.4 Å². The maximum absolute atomic E-state index is 15.7. The van der Waals surface area contributed by atoms with Crippen LogP contribution in [-0.2, 0) is 0 Å². The molecule has 1 saturated carbocycles. The maximum atomic E-state index is 15.7. The zero-order valence-corrected chi connectivity index (χ0v) is 17.9. The van der Waals surface area contributed by atoms with Gasteiger partial charge in [0, 0.05) is 37.0 Å². The van der Waals surface area contributed by atoms with E-state index in [2.05, 4.69) is 4.98 Å². The Balaban J connectivity index is 1.73. The number of rotatable bonds is 3. The lowest BCUT2D eigenvalue weighted by Crippen LogP contribution is -2.47. The summed E-state index contributed by atoms with van der Waals surface area (Å²) in [6.07, 6.45) is 3.19. The molecule has 0 spiro atoms. The number of halogens is 3. The number of hydrogen-bond donors (Lipinski definition) is 2. The van der Waals surface area contributed by atoms with Crippen molar-refractivity contribution in [3.8, 4) is 5.75 Å². The van der Waals surface area contributed by atoms with E-state index >= 15 is 4.39 Å². The third-order valence-electron chi connectivity index (χ3n) is 6.99. The van der Waals surface area contributed by atoms with E-state index < -0.39 is 34.9 Å². The SMILES string of the molecule is COc1c(N2CC3=CCCC(F)(F)C(N)C3C2)c(F)c(C)c2c(=O)[nH]c(=O)n(C3CC3)c12. The van der Waals surface area contributed by atoms with Gasteiger partial charge in [0.25, 0.3) is 11.5 Å². The third kappa shape index (κ3) is 2.99. The summed E-state index contributed by atoms with van der Waals surface area (Å²) < 4.78 is 51.6. The molecule has 1 aromatic carbocycles. The highest BCUT2D eigenvalue weighted by atomic mass is 19.3. The normalized spacial score (nSPS) is 24.9. The lowest BCUT2D eigenvalue weighted by Gasteiger charge is -2.28. The Labute approximate surface area is 181 Å². The first-order valence-electron chi connectivity index (χ1n) is 10.8. The largest absolute Gasteiger partial charge is 0.492 e. The van der Waals surface area contributed by atoms with Gasteiger partial charge in [-0.25, -0.2) is 18.0 Å². The number of aromatic amines is 1. The molecule has 5 rings (SSSR count). The highest BCUT2D eigenvalue weighted by Crippen LogP contribution is 2.47. The summed E-state index contributed by atoms with van der Waals surface area (Å²) in [5, 5.41) is 0.0606. The second-order valence-electron chi connectivity index (χ2n) is 9.00. The van der Waals surface area contributed by atoms with Gasteiger partial charge in [-0.3, -0.25) is 14.3 Å². The number of hydrogen-bond acceptors (Lipinski definition) is 5. The molecule has 2 aliphatic carbocycles. The Morgan fingerprint density at radius 3 is 2.66 bits per heavy atom. The lowest BCUT2D eigenvalue weighted by atomic mass is 9.92. The van der Waals surface area contributed by atoms with Gasteiger partial charge < -0.3 is 15.4 Å². The lowest BCUT2D eigenvalue weighted by molar-refractivity contribution is -0.0402. The Morgan fingerprint density at radius 1 is 1.28 bits per heavy atom. The predicted molar refractivity (Wildman–Crippen MR) is 114 cm³/mol. The van der Waals surface area contributed by atoms with E-state index in [4.69, 9.17) is 10.5 Å². The molecule has 0 radical (unpaired) electrons. The van der Waals surface area contributed by atoms with Crippen LogP contribution in [0.15, 0.2) is 21.2 Å². The molecule has 0 bridgehead atoms. The number of benzene rings is 1. The minimum Gasteiger partial charge on any atom is -0.492 e. The van der Waals surface area contributed by atoms with Crippen LogP contribution in [0.2, 0.25) is 0 Å². The molecular weight excluding hydrogens is 425 g/mol. The van der Waals surface area contributed by atoms with Crippen LogP contribution in [0, 0.1) is 18.7 Å². The summed E-state index contributed by atoms with van der Waals surface area (Å²) in [5.74, 6) is -4.24. The summed E-state index contributed by atoms with van der Waals surface area (Å²) in [6, 6.07) is -1.47. The standard InChI is InChI=1S/C22H25F3N4O3/c1-10-14-16(29(12-5-6-12)21(31)27-20(14)30)18(32-2)17(15(10)23)28-8-11-4-3-7-22(24,25)19(26)13(11)9-28/h4,12-13,19H,3,5-9,26H2,1-2H3,(H,27,30,31). The van der Waals surface area contributed by atoms with Crippen molar-refractivity contribution in [2.24, 2.45) is 11.7 Å². The minimum absolute atomic E-state index is 0.0606. The Morgan fingerprint density at radius 2 is 2.00 bits per heavy atom. The summed E-state index contributed by atoms with van der Waals surface area (Å²) in [7, 11) is 1.35. The van der Waals surface area contributed by atoms with Crippen molar-refractivity contribution >= 4 is 16.6 Å². The molecule has 0 amide bonds. The van der Waals surface area contributed by atoms with E-state index in [0.29, 0.717) is 0 Å². The smallest absolute Gasteiger partial charge is 0.329 e. The quantitative estimate of drug-likeness (QED) is 0.702. The van der Waals surface area contributed by atoms with Gasteiger partial charge in [-0.05, 0) is 31.8 Å². The average Bonchev–Trinajstić information content (AvgIpc) is 3.49. The number of ether oxygens (including phenoxy) is 1. The van der Waals surface area contributed by atoms with Crippen molar-refractivity contribution in [3.63, 3.8) is 0 Å². The molecule has 3 aliphatic rings. The molecular formula is C22H25F3N4O3. The summed E-state index contributed by atoms with van der Waals surface area (Å²) in [5.41, 5.74) is 5.84. The molecule has 2 atom stereocenters. The molecule has 1 saturated heterocycles. The molecule has 2 aromatic rings. The minimum atomic E-state index is -3.01. The zero-order valence-electron chi connectivity index (χ0n) is 17.9. The number of H-pyrrole nitrogens is 1. The van der Waals surface area contributed by atoms with Crippen molar-refractivity contribution < 1.29 is 17.9 Å². The molecule has 1 aliphatic heterocycles. The fraction of sp³-hybridized carbons (Fsp3) is 0.545. The molecule has 1 aromatic heterocycles. The average molecular weight is 450 g/mol. The molecule has 2 unspecified atom stereocenters. The van der Waals surface area contributed by atoms with Crippen molar-refractivity contribution in [2.75, 3.05) is 25.1 Å². The first-order chi connectivity index (χ1) is 15.2. The summed E-state index contributed by atoms with van der Waals surface area (Å²) in [6.45, 7) is 1.80. The van der Waals surface area contributed by atoms with E-state index in [0.717, 1.165) is 18.4 Å². The van der Waals surface area contributed by atoms with Crippen LogP contribution >= 0.6 is 0 Å². The molecule has 3 N–H and O–H groups in total. The van der Waals surface area contributed by atoms with Gasteiger partial charge in [0.2, 0.25) is 0 Å². The Hall–Kier alpha value is -2.75. The van der Waals surface area contributed by atoms with Crippen LogP contribution in [0.4, 0.5) is 18.9 Å². The van der Waals surface area contributed by atoms with Crippen LogP contribution in [0.1, 0.15) is 37.3 Å². The van der Waals surface area contributed by atoms with Crippen LogP contribution in [0.25, 0.3) is 10.9 Å². The maximum Gasteiger partial charge on any atom is 0.329 e. The zero-order chi connectivity index (χ0) is 22.9. The number of allylic oxidation sites excluding steroid dienone is 1. The number of nitrogens with one attached hydrogen (secondary N) is 1. The van der Waals surface area contributed by atoms with Gasteiger partial charge in [0.15, 0.2) is 11.6 Å². The fourth-order valence-corrected chi connectivity index (χ4v) is 5.17. The number of fused-ring (bicyclic) bond motifs is 2. The Bertz CT molecular complexity index is 1260. The van der Waals surface area contributed by atoms with Crippen LogP contribution < -0.4 is 26.6 Å². The van der Waals surface area contributed by atoms with E-state index in [1.54, 1.807) is 11.0 Å².